The summed E-state index contributed by atoms with van der Waals surface area (Å²) in [6.07, 6.45) is -0.895. The fourth-order valence-electron chi connectivity index (χ4n) is 4.33. The number of benzene rings is 3. The van der Waals surface area contributed by atoms with Crippen molar-refractivity contribution in [2.75, 3.05) is 0 Å². The van der Waals surface area contributed by atoms with E-state index in [0.717, 1.165) is 22.3 Å². The van der Waals surface area contributed by atoms with Crippen molar-refractivity contribution in [1.82, 2.24) is 16.2 Å². The van der Waals surface area contributed by atoms with Crippen LogP contribution in [-0.2, 0) is 16.0 Å². The maximum atomic E-state index is 13.1. The molecule has 9 heteroatoms. The number of nitrogens with one attached hydrogen (secondary N) is 3. The maximum absolute atomic E-state index is 13.1. The fourth-order valence-corrected chi connectivity index (χ4v) is 4.87. The highest BCUT2D eigenvalue weighted by molar-refractivity contribution is 6.35. The van der Waals surface area contributed by atoms with Gasteiger partial charge in [0.05, 0.1) is 0 Å². The number of aliphatic carboxylic acids is 1. The molecular weight excluding hydrogens is 501 g/mol. The third-order valence-corrected chi connectivity index (χ3v) is 6.80. The van der Waals surface area contributed by atoms with E-state index in [-0.39, 0.29) is 18.4 Å². The minimum Gasteiger partial charge on any atom is -0.479 e. The lowest BCUT2D eigenvalue weighted by atomic mass is 9.97. The van der Waals surface area contributed by atoms with Crippen LogP contribution in [0.15, 0.2) is 72.8 Å². The summed E-state index contributed by atoms with van der Waals surface area (Å²) in [4.78, 5) is 24.3. The molecule has 0 saturated carbocycles. The van der Waals surface area contributed by atoms with Gasteiger partial charge in [-0.3, -0.25) is 4.79 Å². The highest BCUT2D eigenvalue weighted by Gasteiger charge is 2.33. The molecule has 0 aliphatic carbocycles. The van der Waals surface area contributed by atoms with Gasteiger partial charge in [-0.05, 0) is 47.2 Å². The average molecular weight is 528 g/mol. The quantitative estimate of drug-likeness (QED) is 0.286. The molecule has 1 saturated heterocycles. The Balaban J connectivity index is 1.42. The number of hydrazine groups is 1. The molecule has 0 radical (unpaired) electrons. The van der Waals surface area contributed by atoms with Crippen LogP contribution in [-0.4, -0.2) is 40.3 Å². The lowest BCUT2D eigenvalue weighted by molar-refractivity contribution is -0.147. The second-order valence-electron chi connectivity index (χ2n) is 8.86. The molecule has 0 spiro atoms. The second-order valence-corrected chi connectivity index (χ2v) is 9.70. The van der Waals surface area contributed by atoms with E-state index in [1.54, 1.807) is 12.1 Å². The molecule has 1 aliphatic rings. The van der Waals surface area contributed by atoms with Crippen molar-refractivity contribution < 1.29 is 19.8 Å². The topological polar surface area (TPSA) is 111 Å². The highest BCUT2D eigenvalue weighted by atomic mass is 35.5. The van der Waals surface area contributed by atoms with Crippen LogP contribution < -0.4 is 16.2 Å². The van der Waals surface area contributed by atoms with Crippen molar-refractivity contribution in [3.63, 3.8) is 0 Å². The average Bonchev–Trinajstić information content (AvgIpc) is 3.35. The van der Waals surface area contributed by atoms with Crippen LogP contribution in [0.5, 0.6) is 0 Å². The van der Waals surface area contributed by atoms with E-state index in [4.69, 9.17) is 23.2 Å². The van der Waals surface area contributed by atoms with Crippen LogP contribution >= 0.6 is 23.2 Å². The Bertz CT molecular complexity index is 1210. The first-order valence-electron chi connectivity index (χ1n) is 11.6. The van der Waals surface area contributed by atoms with E-state index in [9.17, 15) is 19.8 Å². The van der Waals surface area contributed by atoms with Crippen molar-refractivity contribution in [3.05, 3.63) is 94.0 Å². The molecule has 7 nitrogen and oxygen atoms in total. The monoisotopic (exact) mass is 527 g/mol. The molecule has 0 aromatic heterocycles. The number of aliphatic hydroxyl groups excluding tert-OH is 1. The van der Waals surface area contributed by atoms with Crippen LogP contribution in [0.3, 0.4) is 0 Å². The molecule has 36 heavy (non-hydrogen) atoms. The largest absolute Gasteiger partial charge is 0.479 e. The van der Waals surface area contributed by atoms with E-state index < -0.39 is 24.2 Å². The minimum atomic E-state index is -1.59. The Morgan fingerprint density at radius 1 is 0.972 bits per heavy atom. The Kier molecular flexibility index (Phi) is 8.61. The van der Waals surface area contributed by atoms with Crippen molar-refractivity contribution >= 4 is 35.1 Å². The summed E-state index contributed by atoms with van der Waals surface area (Å²) in [7, 11) is 0. The molecular formula is C27H27Cl2N3O4. The Morgan fingerprint density at radius 3 is 2.33 bits per heavy atom. The molecule has 4 rings (SSSR count). The van der Waals surface area contributed by atoms with Crippen molar-refractivity contribution in [2.24, 2.45) is 0 Å². The second kappa shape index (κ2) is 11.9. The predicted molar refractivity (Wildman–Crippen MR) is 140 cm³/mol. The van der Waals surface area contributed by atoms with Crippen LogP contribution in [0.1, 0.15) is 30.0 Å². The third-order valence-electron chi connectivity index (χ3n) is 6.24. The summed E-state index contributed by atoms with van der Waals surface area (Å²) in [5.41, 5.74) is 9.95. The molecule has 1 fully saturated rings. The number of aliphatic hydroxyl groups is 1. The fraction of sp³-hybridized carbons (Fsp3) is 0.259. The van der Waals surface area contributed by atoms with E-state index in [1.165, 1.54) is 0 Å². The molecule has 2 unspecified atom stereocenters. The number of carbonyl (C=O) groups is 2. The smallest absolute Gasteiger partial charge is 0.332 e. The molecule has 1 aliphatic heterocycles. The number of hydrogen-bond donors (Lipinski definition) is 5. The van der Waals surface area contributed by atoms with Gasteiger partial charge in [0.25, 0.3) is 0 Å². The molecule has 5 N–H and O–H groups in total. The Hall–Kier alpha value is -2.94. The zero-order valence-corrected chi connectivity index (χ0v) is 20.8. The summed E-state index contributed by atoms with van der Waals surface area (Å²) < 4.78 is 0. The molecule has 188 valence electrons. The molecule has 1 amide bonds. The first-order valence-corrected chi connectivity index (χ1v) is 12.4. The summed E-state index contributed by atoms with van der Waals surface area (Å²) >= 11 is 12.3. The van der Waals surface area contributed by atoms with Crippen LogP contribution in [0.25, 0.3) is 11.1 Å². The number of carboxylic acids is 1. The predicted octanol–water partition coefficient (Wildman–Crippen LogP) is 4.13. The van der Waals surface area contributed by atoms with Gasteiger partial charge in [-0.2, -0.15) is 0 Å². The van der Waals surface area contributed by atoms with Gasteiger partial charge in [0.1, 0.15) is 6.04 Å². The SMILES string of the molecule is O=C(N[C@H](Cc1ccc(-c2ccccc2)cc1)C[C@@H](O)C(=O)O)C1CC(c2ccc(Cl)cc2Cl)NN1. The van der Waals surface area contributed by atoms with Crippen LogP contribution in [0.2, 0.25) is 10.0 Å². The lowest BCUT2D eigenvalue weighted by Gasteiger charge is -2.22. The lowest BCUT2D eigenvalue weighted by Crippen LogP contribution is -2.48. The summed E-state index contributed by atoms with van der Waals surface area (Å²) in [5.74, 6) is -1.62. The van der Waals surface area contributed by atoms with Crippen LogP contribution in [0.4, 0.5) is 0 Å². The zero-order chi connectivity index (χ0) is 25.7. The van der Waals surface area contributed by atoms with Gasteiger partial charge in [0.15, 0.2) is 6.10 Å². The van der Waals surface area contributed by atoms with E-state index in [1.807, 2.05) is 60.7 Å². The number of hydrogen-bond acceptors (Lipinski definition) is 5. The van der Waals surface area contributed by atoms with Gasteiger partial charge < -0.3 is 15.5 Å². The molecule has 4 atom stereocenters. The molecule has 0 bridgehead atoms. The first kappa shape index (κ1) is 26.1. The number of amides is 1. The van der Waals surface area contributed by atoms with Crippen molar-refractivity contribution in [1.29, 1.82) is 0 Å². The highest BCUT2D eigenvalue weighted by Crippen LogP contribution is 2.30. The van der Waals surface area contributed by atoms with Gasteiger partial charge in [0.2, 0.25) is 5.91 Å². The van der Waals surface area contributed by atoms with Crippen molar-refractivity contribution in [2.45, 2.75) is 43.5 Å². The van der Waals surface area contributed by atoms with E-state index >= 15 is 0 Å². The number of carboxylic acid groups (broad SMARTS) is 1. The number of rotatable bonds is 9. The third kappa shape index (κ3) is 6.63. The molecule has 3 aromatic carbocycles. The van der Waals surface area contributed by atoms with E-state index in [2.05, 4.69) is 16.2 Å². The molecule has 3 aromatic rings. The van der Waals surface area contributed by atoms with Crippen molar-refractivity contribution in [3.8, 4) is 11.1 Å². The van der Waals surface area contributed by atoms with Gasteiger partial charge in [-0.25, -0.2) is 15.6 Å². The first-order chi connectivity index (χ1) is 17.3. The molecule has 1 heterocycles. The van der Waals surface area contributed by atoms with E-state index in [0.29, 0.717) is 22.9 Å². The normalized spacial score (nSPS) is 19.0. The maximum Gasteiger partial charge on any atom is 0.332 e. The van der Waals surface area contributed by atoms with Gasteiger partial charge in [-0.15, -0.1) is 0 Å². The minimum absolute atomic E-state index is 0.117. The standard InChI is InChI=1S/C27H27Cl2N3O4/c28-19-10-11-21(22(29)13-19)23-15-24(32-31-23)26(34)30-20(14-25(33)27(35)36)12-16-6-8-18(9-7-16)17-4-2-1-3-5-17/h1-11,13,20,23-25,31-33H,12,14-15H2,(H,30,34)(H,35,36)/t20-,23?,24?,25-/m1/s1. The van der Waals surface area contributed by atoms with Gasteiger partial charge in [-0.1, -0.05) is 83.9 Å². The Labute approximate surface area is 219 Å². The summed E-state index contributed by atoms with van der Waals surface area (Å²) in [5, 5.41) is 23.1. The van der Waals surface area contributed by atoms with Gasteiger partial charge in [0, 0.05) is 28.5 Å². The summed E-state index contributed by atoms with van der Waals surface area (Å²) in [6, 6.07) is 21.7. The number of carbonyl (C=O) groups excluding carboxylic acids is 1. The Morgan fingerprint density at radius 2 is 1.67 bits per heavy atom. The van der Waals surface area contributed by atoms with Crippen LogP contribution in [0, 0.1) is 0 Å². The number of halogens is 2. The van der Waals surface area contributed by atoms with Gasteiger partial charge >= 0.3 is 5.97 Å². The zero-order valence-electron chi connectivity index (χ0n) is 19.3. The summed E-state index contributed by atoms with van der Waals surface area (Å²) in [6.45, 7) is 0.